The van der Waals surface area contributed by atoms with Crippen LogP contribution in [0.15, 0.2) is 60.0 Å². The number of rotatable bonds is 4. The van der Waals surface area contributed by atoms with Crippen molar-refractivity contribution in [2.75, 3.05) is 0 Å². The Kier molecular flexibility index (Phi) is 4.82. The molecule has 0 aromatic carbocycles. The topological polar surface area (TPSA) is 77.0 Å². The number of hydrogen-bond donors (Lipinski definition) is 1. The molecule has 0 saturated carbocycles. The van der Waals surface area contributed by atoms with Crippen molar-refractivity contribution >= 4 is 34.4 Å². The van der Waals surface area contributed by atoms with E-state index in [0.717, 1.165) is 22.3 Å². The number of halogens is 1. The number of nitrogens with zero attached hydrogens (tertiary/aromatic N) is 4. The van der Waals surface area contributed by atoms with Crippen molar-refractivity contribution < 1.29 is 0 Å². The van der Waals surface area contributed by atoms with E-state index >= 15 is 0 Å². The van der Waals surface area contributed by atoms with Gasteiger partial charge in [0.25, 0.3) is 0 Å². The van der Waals surface area contributed by atoms with E-state index < -0.39 is 0 Å². The third-order valence-corrected chi connectivity index (χ3v) is 3.78. The first-order valence-corrected chi connectivity index (χ1v) is 7.84. The van der Waals surface area contributed by atoms with Gasteiger partial charge in [-0.3, -0.25) is 15.0 Å². The Labute approximate surface area is 145 Å². The molecule has 1 unspecified atom stereocenters. The van der Waals surface area contributed by atoms with Crippen LogP contribution in [0.2, 0.25) is 5.15 Å². The lowest BCUT2D eigenvalue weighted by Gasteiger charge is -2.07. The maximum Gasteiger partial charge on any atom is 0.129 e. The van der Waals surface area contributed by atoms with Crippen LogP contribution in [0.5, 0.6) is 0 Å². The minimum atomic E-state index is -0.0675. The van der Waals surface area contributed by atoms with Crippen molar-refractivity contribution in [3.05, 3.63) is 71.4 Å². The molecule has 6 heteroatoms. The zero-order chi connectivity index (χ0) is 16.9. The van der Waals surface area contributed by atoms with Crippen LogP contribution in [-0.2, 0) is 0 Å². The summed E-state index contributed by atoms with van der Waals surface area (Å²) in [6.07, 6.45) is 6.73. The molecule has 0 bridgehead atoms. The highest BCUT2D eigenvalue weighted by atomic mass is 35.5. The first-order valence-electron chi connectivity index (χ1n) is 7.46. The second kappa shape index (κ2) is 7.19. The molecule has 120 valence electrons. The molecule has 0 aliphatic heterocycles. The largest absolute Gasteiger partial charge is 0.404 e. The zero-order valence-corrected chi connectivity index (χ0v) is 13.9. The third-order valence-electron chi connectivity index (χ3n) is 3.57. The second-order valence-corrected chi connectivity index (χ2v) is 5.61. The molecule has 0 spiro atoms. The molecule has 3 aromatic rings. The van der Waals surface area contributed by atoms with Gasteiger partial charge in [0.15, 0.2) is 0 Å². The molecule has 0 amide bonds. The van der Waals surface area contributed by atoms with E-state index in [4.69, 9.17) is 17.3 Å². The molecule has 1 atom stereocenters. The van der Waals surface area contributed by atoms with Crippen LogP contribution in [-0.4, -0.2) is 21.2 Å². The van der Waals surface area contributed by atoms with E-state index in [0.29, 0.717) is 10.7 Å². The fourth-order valence-electron chi connectivity index (χ4n) is 2.24. The van der Waals surface area contributed by atoms with Gasteiger partial charge in [-0.2, -0.15) is 0 Å². The van der Waals surface area contributed by atoms with E-state index in [1.54, 1.807) is 24.7 Å². The molecule has 0 aliphatic carbocycles. The quantitative estimate of drug-likeness (QED) is 0.580. The van der Waals surface area contributed by atoms with Crippen LogP contribution in [0, 0.1) is 0 Å². The molecular formula is C18H16ClN5. The van der Waals surface area contributed by atoms with E-state index in [9.17, 15) is 0 Å². The molecule has 2 N–H and O–H groups in total. The van der Waals surface area contributed by atoms with E-state index in [2.05, 4.69) is 19.9 Å². The fourth-order valence-corrected chi connectivity index (χ4v) is 2.40. The Morgan fingerprint density at radius 3 is 2.83 bits per heavy atom. The summed E-state index contributed by atoms with van der Waals surface area (Å²) >= 11 is 5.94. The van der Waals surface area contributed by atoms with Gasteiger partial charge in [-0.25, -0.2) is 4.98 Å². The van der Waals surface area contributed by atoms with Gasteiger partial charge >= 0.3 is 0 Å². The van der Waals surface area contributed by atoms with Crippen LogP contribution in [0.1, 0.15) is 24.2 Å². The van der Waals surface area contributed by atoms with Crippen LogP contribution in [0.25, 0.3) is 16.6 Å². The van der Waals surface area contributed by atoms with E-state index in [1.807, 2.05) is 37.3 Å². The van der Waals surface area contributed by atoms with Crippen molar-refractivity contribution in [2.24, 2.45) is 10.7 Å². The number of fused-ring (bicyclic) bond motifs is 1. The lowest BCUT2D eigenvalue weighted by Crippen LogP contribution is -1.97. The SMILES string of the molecule is CC(N=CC(=CN)c1cnc2ccc(Cl)nc2c1)c1ccccn1. The standard InChI is InChI=1S/C18H16ClN5/c1-12(15-4-2-3-7-21-15)22-11-14(9-20)13-8-17-16(23-10-13)5-6-18(19)24-17/h2-12H,20H2,1H3. The van der Waals surface area contributed by atoms with Crippen molar-refractivity contribution in [1.82, 2.24) is 15.0 Å². The van der Waals surface area contributed by atoms with Gasteiger partial charge in [-0.1, -0.05) is 17.7 Å². The number of allylic oxidation sites excluding steroid dienone is 1. The number of nitrogens with two attached hydrogens (primary N) is 1. The van der Waals surface area contributed by atoms with Gasteiger partial charge in [-0.15, -0.1) is 0 Å². The van der Waals surface area contributed by atoms with Crippen molar-refractivity contribution in [3.63, 3.8) is 0 Å². The Morgan fingerprint density at radius 2 is 2.08 bits per heavy atom. The third kappa shape index (κ3) is 3.58. The second-order valence-electron chi connectivity index (χ2n) is 5.23. The number of pyridine rings is 3. The van der Waals surface area contributed by atoms with Crippen LogP contribution in [0.3, 0.4) is 0 Å². The molecular weight excluding hydrogens is 322 g/mol. The van der Waals surface area contributed by atoms with Gasteiger partial charge in [0.05, 0.1) is 22.8 Å². The average molecular weight is 338 g/mol. The van der Waals surface area contributed by atoms with Gasteiger partial charge in [0.1, 0.15) is 5.15 Å². The summed E-state index contributed by atoms with van der Waals surface area (Å²) in [5, 5.41) is 0.428. The van der Waals surface area contributed by atoms with E-state index in [-0.39, 0.29) is 6.04 Å². The summed E-state index contributed by atoms with van der Waals surface area (Å²) in [6, 6.07) is 11.1. The predicted molar refractivity (Wildman–Crippen MR) is 97.9 cm³/mol. The summed E-state index contributed by atoms with van der Waals surface area (Å²) < 4.78 is 0. The lowest BCUT2D eigenvalue weighted by atomic mass is 10.1. The van der Waals surface area contributed by atoms with Crippen molar-refractivity contribution in [1.29, 1.82) is 0 Å². The predicted octanol–water partition coefficient (Wildman–Crippen LogP) is 3.81. The fraction of sp³-hybridized carbons (Fsp3) is 0.111. The number of aromatic nitrogens is 3. The molecule has 0 radical (unpaired) electrons. The molecule has 0 fully saturated rings. The van der Waals surface area contributed by atoms with Gasteiger partial charge in [-0.05, 0) is 37.3 Å². The first kappa shape index (κ1) is 16.1. The molecule has 3 heterocycles. The number of hydrogen-bond acceptors (Lipinski definition) is 5. The normalized spacial score (nSPS) is 13.5. The summed E-state index contributed by atoms with van der Waals surface area (Å²) in [5.41, 5.74) is 9.74. The monoisotopic (exact) mass is 337 g/mol. The first-order chi connectivity index (χ1) is 11.7. The highest BCUT2D eigenvalue weighted by Gasteiger charge is 2.06. The minimum Gasteiger partial charge on any atom is -0.404 e. The van der Waals surface area contributed by atoms with Crippen LogP contribution in [0.4, 0.5) is 0 Å². The summed E-state index contributed by atoms with van der Waals surface area (Å²) in [7, 11) is 0. The number of aliphatic imine (C=N–C) groups is 1. The van der Waals surface area contributed by atoms with Gasteiger partial charge < -0.3 is 5.73 Å². The average Bonchev–Trinajstić information content (AvgIpc) is 2.62. The molecule has 5 nitrogen and oxygen atoms in total. The van der Waals surface area contributed by atoms with Gasteiger partial charge in [0.2, 0.25) is 0 Å². The summed E-state index contributed by atoms with van der Waals surface area (Å²) in [5.74, 6) is 0. The lowest BCUT2D eigenvalue weighted by molar-refractivity contribution is 0.788. The maximum absolute atomic E-state index is 5.94. The highest BCUT2D eigenvalue weighted by molar-refractivity contribution is 6.29. The minimum absolute atomic E-state index is 0.0675. The van der Waals surface area contributed by atoms with Crippen LogP contribution >= 0.6 is 11.6 Å². The summed E-state index contributed by atoms with van der Waals surface area (Å²) in [6.45, 7) is 1.98. The molecule has 0 aliphatic rings. The van der Waals surface area contributed by atoms with Gasteiger partial charge in [0, 0.05) is 35.9 Å². The molecule has 24 heavy (non-hydrogen) atoms. The Balaban J connectivity index is 1.88. The molecule has 3 aromatic heterocycles. The Hall–Kier alpha value is -2.79. The summed E-state index contributed by atoms with van der Waals surface area (Å²) in [4.78, 5) is 17.5. The smallest absolute Gasteiger partial charge is 0.129 e. The zero-order valence-electron chi connectivity index (χ0n) is 13.1. The maximum atomic E-state index is 5.94. The van der Waals surface area contributed by atoms with Crippen molar-refractivity contribution in [3.8, 4) is 0 Å². The highest BCUT2D eigenvalue weighted by Crippen LogP contribution is 2.20. The Bertz CT molecular complexity index is 906. The van der Waals surface area contributed by atoms with E-state index in [1.165, 1.54) is 6.20 Å². The Morgan fingerprint density at radius 1 is 1.21 bits per heavy atom. The molecule has 0 saturated heterocycles. The van der Waals surface area contributed by atoms with Crippen LogP contribution < -0.4 is 5.73 Å². The molecule has 3 rings (SSSR count). The van der Waals surface area contributed by atoms with Crippen molar-refractivity contribution in [2.45, 2.75) is 13.0 Å².